The van der Waals surface area contributed by atoms with Crippen molar-refractivity contribution >= 4 is 11.8 Å². The van der Waals surface area contributed by atoms with Gasteiger partial charge in [0.2, 0.25) is 0 Å². The van der Waals surface area contributed by atoms with E-state index in [0.29, 0.717) is 30.4 Å². The minimum absolute atomic E-state index is 0.490. The lowest BCUT2D eigenvalue weighted by Gasteiger charge is -2.20. The molecule has 1 rings (SSSR count). The van der Waals surface area contributed by atoms with E-state index < -0.39 is 11.7 Å². The van der Waals surface area contributed by atoms with Crippen molar-refractivity contribution in [3.8, 4) is 11.5 Å². The van der Waals surface area contributed by atoms with Gasteiger partial charge in [0.15, 0.2) is 11.5 Å². The van der Waals surface area contributed by atoms with Crippen molar-refractivity contribution in [3.05, 3.63) is 18.2 Å². The second-order valence-electron chi connectivity index (χ2n) is 5.99. The molecule has 22 heavy (non-hydrogen) atoms. The molecule has 0 aliphatic rings. The lowest BCUT2D eigenvalue weighted by molar-refractivity contribution is 0.0636. The van der Waals surface area contributed by atoms with Crippen molar-refractivity contribution in [2.75, 3.05) is 18.5 Å². The number of ether oxygens (including phenoxy) is 3. The van der Waals surface area contributed by atoms with Crippen LogP contribution in [-0.2, 0) is 4.74 Å². The first-order valence-corrected chi connectivity index (χ1v) is 7.75. The Morgan fingerprint density at radius 3 is 2.18 bits per heavy atom. The summed E-state index contributed by atoms with van der Waals surface area (Å²) in [4.78, 5) is 11.8. The molecule has 1 aromatic carbocycles. The Bertz CT molecular complexity index is 480. The summed E-state index contributed by atoms with van der Waals surface area (Å²) in [7, 11) is 0. The highest BCUT2D eigenvalue weighted by Gasteiger charge is 2.17. The third-order valence-electron chi connectivity index (χ3n) is 2.51. The molecule has 0 fully saturated rings. The van der Waals surface area contributed by atoms with E-state index in [1.807, 2.05) is 34.6 Å². The number of benzene rings is 1. The van der Waals surface area contributed by atoms with E-state index in [9.17, 15) is 4.79 Å². The molecule has 0 aliphatic heterocycles. The average Bonchev–Trinajstić information content (AvgIpc) is 2.41. The number of nitrogens with one attached hydrogen (secondary N) is 1. The van der Waals surface area contributed by atoms with Gasteiger partial charge in [-0.15, -0.1) is 0 Å². The van der Waals surface area contributed by atoms with E-state index in [0.717, 1.165) is 12.8 Å². The maximum Gasteiger partial charge on any atom is 0.412 e. The maximum absolute atomic E-state index is 11.8. The molecule has 1 amide bonds. The molecule has 0 heterocycles. The molecule has 124 valence electrons. The fraction of sp³-hybridized carbons (Fsp3) is 0.588. The molecule has 0 aliphatic carbocycles. The van der Waals surface area contributed by atoms with E-state index in [1.54, 1.807) is 18.2 Å². The first kappa shape index (κ1) is 18.1. The molecule has 0 radical (unpaired) electrons. The average molecular weight is 309 g/mol. The molecule has 5 heteroatoms. The number of hydrogen-bond acceptors (Lipinski definition) is 4. The van der Waals surface area contributed by atoms with Crippen LogP contribution in [0.15, 0.2) is 18.2 Å². The summed E-state index contributed by atoms with van der Waals surface area (Å²) in [6, 6.07) is 5.33. The molecule has 0 spiro atoms. The Morgan fingerprint density at radius 2 is 1.64 bits per heavy atom. The van der Waals surface area contributed by atoms with Crippen LogP contribution in [0.3, 0.4) is 0 Å². The van der Waals surface area contributed by atoms with Crippen molar-refractivity contribution in [1.29, 1.82) is 0 Å². The van der Waals surface area contributed by atoms with E-state index in [1.165, 1.54) is 0 Å². The largest absolute Gasteiger partial charge is 0.490 e. The standard InChI is InChI=1S/C17H27NO4/c1-6-10-20-14-9-8-13(12-15(14)21-11-7-2)18-16(19)22-17(3,4)5/h8-9,12H,6-7,10-11H2,1-5H3,(H,18,19). The molecule has 1 aromatic rings. The molecule has 1 N–H and O–H groups in total. The van der Waals surface area contributed by atoms with E-state index >= 15 is 0 Å². The van der Waals surface area contributed by atoms with Crippen molar-refractivity contribution in [2.24, 2.45) is 0 Å². The molecule has 0 saturated carbocycles. The highest BCUT2D eigenvalue weighted by Crippen LogP contribution is 2.31. The van der Waals surface area contributed by atoms with Crippen LogP contribution in [0.4, 0.5) is 10.5 Å². The van der Waals surface area contributed by atoms with Gasteiger partial charge in [-0.2, -0.15) is 0 Å². The first-order chi connectivity index (χ1) is 10.4. The zero-order valence-electron chi connectivity index (χ0n) is 14.2. The number of amides is 1. The van der Waals surface area contributed by atoms with Crippen LogP contribution in [0.5, 0.6) is 11.5 Å². The molecule has 0 aromatic heterocycles. The quantitative estimate of drug-likeness (QED) is 0.799. The van der Waals surface area contributed by atoms with Gasteiger partial charge < -0.3 is 14.2 Å². The van der Waals surface area contributed by atoms with E-state index in [4.69, 9.17) is 14.2 Å². The van der Waals surface area contributed by atoms with Crippen molar-refractivity contribution in [1.82, 2.24) is 0 Å². The van der Waals surface area contributed by atoms with Gasteiger partial charge in [0.25, 0.3) is 0 Å². The predicted octanol–water partition coefficient (Wildman–Crippen LogP) is 4.61. The zero-order valence-corrected chi connectivity index (χ0v) is 14.2. The molecular weight excluding hydrogens is 282 g/mol. The summed E-state index contributed by atoms with van der Waals surface area (Å²) in [5, 5.41) is 2.70. The van der Waals surface area contributed by atoms with Crippen LogP contribution < -0.4 is 14.8 Å². The SMILES string of the molecule is CCCOc1ccc(NC(=O)OC(C)(C)C)cc1OCCC. The topological polar surface area (TPSA) is 56.8 Å². The highest BCUT2D eigenvalue weighted by atomic mass is 16.6. The van der Waals surface area contributed by atoms with Gasteiger partial charge in [-0.25, -0.2) is 4.79 Å². The van der Waals surface area contributed by atoms with E-state index in [2.05, 4.69) is 5.32 Å². The summed E-state index contributed by atoms with van der Waals surface area (Å²) in [5.41, 5.74) is 0.0831. The summed E-state index contributed by atoms with van der Waals surface area (Å²) < 4.78 is 16.6. The van der Waals surface area contributed by atoms with Gasteiger partial charge >= 0.3 is 6.09 Å². The van der Waals surface area contributed by atoms with Crippen LogP contribution in [-0.4, -0.2) is 24.9 Å². The summed E-state index contributed by atoms with van der Waals surface area (Å²) >= 11 is 0. The Labute approximate surface area is 132 Å². The van der Waals surface area contributed by atoms with Gasteiger partial charge in [-0.05, 0) is 45.7 Å². The summed E-state index contributed by atoms with van der Waals surface area (Å²) in [6.45, 7) is 10.8. The number of hydrogen-bond donors (Lipinski definition) is 1. The van der Waals surface area contributed by atoms with E-state index in [-0.39, 0.29) is 0 Å². The third-order valence-corrected chi connectivity index (χ3v) is 2.51. The van der Waals surface area contributed by atoms with Crippen LogP contribution in [0.25, 0.3) is 0 Å². The lowest BCUT2D eigenvalue weighted by Crippen LogP contribution is -2.27. The second-order valence-corrected chi connectivity index (χ2v) is 5.99. The Balaban J connectivity index is 2.81. The van der Waals surface area contributed by atoms with Crippen LogP contribution in [0, 0.1) is 0 Å². The zero-order chi connectivity index (χ0) is 16.6. The fourth-order valence-corrected chi connectivity index (χ4v) is 1.66. The lowest BCUT2D eigenvalue weighted by atomic mass is 10.2. The van der Waals surface area contributed by atoms with Gasteiger partial charge in [-0.3, -0.25) is 5.32 Å². The maximum atomic E-state index is 11.8. The molecule has 0 bridgehead atoms. The smallest absolute Gasteiger partial charge is 0.412 e. The summed E-state index contributed by atoms with van der Waals surface area (Å²) in [6.07, 6.45) is 1.33. The number of carbonyl (C=O) groups is 1. The van der Waals surface area contributed by atoms with Gasteiger partial charge in [0, 0.05) is 11.8 Å². The monoisotopic (exact) mass is 309 g/mol. The van der Waals surface area contributed by atoms with Crippen LogP contribution in [0.2, 0.25) is 0 Å². The number of carbonyl (C=O) groups excluding carboxylic acids is 1. The Hall–Kier alpha value is -1.91. The molecule has 0 saturated heterocycles. The normalized spacial score (nSPS) is 11.0. The van der Waals surface area contributed by atoms with Crippen LogP contribution in [0.1, 0.15) is 47.5 Å². The summed E-state index contributed by atoms with van der Waals surface area (Å²) in [5.74, 6) is 1.31. The number of rotatable bonds is 7. The van der Waals surface area contributed by atoms with Crippen molar-refractivity contribution < 1.29 is 19.0 Å². The molecular formula is C17H27NO4. The fourth-order valence-electron chi connectivity index (χ4n) is 1.66. The van der Waals surface area contributed by atoms with Gasteiger partial charge in [0.1, 0.15) is 5.60 Å². The third kappa shape index (κ3) is 6.70. The Kier molecular flexibility index (Phi) is 7.02. The van der Waals surface area contributed by atoms with Gasteiger partial charge in [-0.1, -0.05) is 13.8 Å². The Morgan fingerprint density at radius 1 is 1.05 bits per heavy atom. The minimum atomic E-state index is -0.532. The van der Waals surface area contributed by atoms with Gasteiger partial charge in [0.05, 0.1) is 13.2 Å². The second kappa shape index (κ2) is 8.51. The van der Waals surface area contributed by atoms with Crippen molar-refractivity contribution in [2.45, 2.75) is 53.1 Å². The minimum Gasteiger partial charge on any atom is -0.490 e. The number of anilines is 1. The molecule has 0 unspecified atom stereocenters. The van der Waals surface area contributed by atoms with Crippen LogP contribution >= 0.6 is 0 Å². The van der Waals surface area contributed by atoms with Crippen molar-refractivity contribution in [3.63, 3.8) is 0 Å². The highest BCUT2D eigenvalue weighted by molar-refractivity contribution is 5.85. The first-order valence-electron chi connectivity index (χ1n) is 7.75. The molecule has 0 atom stereocenters. The molecule has 5 nitrogen and oxygen atoms in total. The predicted molar refractivity (Wildman–Crippen MR) is 87.9 cm³/mol.